The van der Waals surface area contributed by atoms with Crippen LogP contribution in [0.15, 0.2) is 30.5 Å². The lowest BCUT2D eigenvalue weighted by Crippen LogP contribution is -2.31. The van der Waals surface area contributed by atoms with E-state index in [1.807, 2.05) is 0 Å². The van der Waals surface area contributed by atoms with Gasteiger partial charge in [0.25, 0.3) is 11.8 Å². The Balaban J connectivity index is 1.58. The van der Waals surface area contributed by atoms with Crippen LogP contribution in [0.2, 0.25) is 5.02 Å². The van der Waals surface area contributed by atoms with E-state index in [0.29, 0.717) is 41.2 Å². The van der Waals surface area contributed by atoms with Gasteiger partial charge in [0.1, 0.15) is 5.02 Å². The molecule has 29 heavy (non-hydrogen) atoms. The van der Waals surface area contributed by atoms with Crippen molar-refractivity contribution in [2.75, 3.05) is 30.8 Å². The lowest BCUT2D eigenvalue weighted by Gasteiger charge is -2.17. The number of rotatable bonds is 5. The smallest absolute Gasteiger partial charge is 0.300 e. The van der Waals surface area contributed by atoms with Crippen molar-refractivity contribution in [3.05, 3.63) is 41.0 Å². The Kier molecular flexibility index (Phi) is 6.52. The van der Waals surface area contributed by atoms with Crippen molar-refractivity contribution in [1.29, 1.82) is 0 Å². The Morgan fingerprint density at radius 3 is 2.76 bits per heavy atom. The fraction of sp³-hybridized carbons (Fsp3) is 0.300. The first kappa shape index (κ1) is 20.4. The van der Waals surface area contributed by atoms with E-state index >= 15 is 0 Å². The van der Waals surface area contributed by atoms with Crippen LogP contribution in [0.1, 0.15) is 23.7 Å². The molecule has 1 aromatic heterocycles. The van der Waals surface area contributed by atoms with E-state index in [4.69, 9.17) is 16.3 Å². The van der Waals surface area contributed by atoms with Crippen molar-refractivity contribution >= 4 is 35.1 Å². The number of likely N-dealkylation sites (tertiary alicyclic amines) is 1. The molecule has 0 radical (unpaired) electrons. The second-order valence-corrected chi connectivity index (χ2v) is 6.75. The number of ether oxygens (including phenoxy) is 1. The maximum absolute atomic E-state index is 12.7. The standard InChI is InChI=1S/C20H20ClN5O3/c1-3-4-17(27)23-14-7-5-13(6-8-14)19(28)26-10-9-15(12-26)24-20-22-11-16(21)18(25-20)29-2/h5-8,11,15H,9-10,12H2,1-2H3,(H,23,27)(H,22,24,25)/t15-/m1/s1. The lowest BCUT2D eigenvalue weighted by atomic mass is 10.2. The van der Waals surface area contributed by atoms with Crippen LogP contribution in [0.25, 0.3) is 0 Å². The van der Waals surface area contributed by atoms with Crippen molar-refractivity contribution in [2.45, 2.75) is 19.4 Å². The van der Waals surface area contributed by atoms with Crippen LogP contribution in [-0.4, -0.2) is 52.9 Å². The van der Waals surface area contributed by atoms with Gasteiger partial charge in [-0.1, -0.05) is 17.5 Å². The van der Waals surface area contributed by atoms with Crippen LogP contribution in [-0.2, 0) is 4.79 Å². The maximum atomic E-state index is 12.7. The van der Waals surface area contributed by atoms with Gasteiger partial charge in [0.15, 0.2) is 0 Å². The molecule has 0 saturated carbocycles. The first-order valence-corrected chi connectivity index (χ1v) is 9.34. The highest BCUT2D eigenvalue weighted by atomic mass is 35.5. The lowest BCUT2D eigenvalue weighted by molar-refractivity contribution is -0.111. The number of methoxy groups -OCH3 is 1. The van der Waals surface area contributed by atoms with E-state index in [9.17, 15) is 9.59 Å². The molecule has 8 nitrogen and oxygen atoms in total. The number of anilines is 2. The zero-order valence-corrected chi connectivity index (χ0v) is 16.8. The zero-order valence-electron chi connectivity index (χ0n) is 16.0. The molecule has 2 amide bonds. The number of nitrogens with one attached hydrogen (secondary N) is 2. The van der Waals surface area contributed by atoms with Gasteiger partial charge in [0.2, 0.25) is 11.8 Å². The van der Waals surface area contributed by atoms with Crippen molar-refractivity contribution in [1.82, 2.24) is 14.9 Å². The summed E-state index contributed by atoms with van der Waals surface area (Å²) >= 11 is 5.94. The summed E-state index contributed by atoms with van der Waals surface area (Å²) in [5.74, 6) is 5.18. The van der Waals surface area contributed by atoms with E-state index in [2.05, 4.69) is 32.4 Å². The monoisotopic (exact) mass is 413 g/mol. The average molecular weight is 414 g/mol. The molecule has 1 fully saturated rings. The maximum Gasteiger partial charge on any atom is 0.300 e. The largest absolute Gasteiger partial charge is 0.480 e. The number of carbonyl (C=O) groups excluding carboxylic acids is 2. The summed E-state index contributed by atoms with van der Waals surface area (Å²) in [6, 6.07) is 6.76. The molecular formula is C20H20ClN5O3. The average Bonchev–Trinajstić information content (AvgIpc) is 3.18. The van der Waals surface area contributed by atoms with Crippen LogP contribution in [0.4, 0.5) is 11.6 Å². The van der Waals surface area contributed by atoms with Gasteiger partial charge in [0, 0.05) is 30.4 Å². The fourth-order valence-electron chi connectivity index (χ4n) is 2.96. The molecular weight excluding hydrogens is 394 g/mol. The number of hydrogen-bond donors (Lipinski definition) is 2. The molecule has 0 spiro atoms. The number of amides is 2. The van der Waals surface area contributed by atoms with Crippen LogP contribution in [0.3, 0.4) is 0 Å². The first-order chi connectivity index (χ1) is 14.0. The van der Waals surface area contributed by atoms with E-state index in [1.165, 1.54) is 13.3 Å². The molecule has 2 heterocycles. The van der Waals surface area contributed by atoms with E-state index in [1.54, 1.807) is 36.1 Å². The number of nitrogens with zero attached hydrogens (tertiary/aromatic N) is 3. The Morgan fingerprint density at radius 2 is 2.07 bits per heavy atom. The number of hydrogen-bond acceptors (Lipinski definition) is 6. The van der Waals surface area contributed by atoms with Crippen LogP contribution >= 0.6 is 11.6 Å². The minimum Gasteiger partial charge on any atom is -0.480 e. The molecule has 3 rings (SSSR count). The molecule has 1 saturated heterocycles. The first-order valence-electron chi connectivity index (χ1n) is 8.96. The van der Waals surface area contributed by atoms with Gasteiger partial charge in [0.05, 0.1) is 13.3 Å². The van der Waals surface area contributed by atoms with E-state index < -0.39 is 0 Å². The highest BCUT2D eigenvalue weighted by Crippen LogP contribution is 2.23. The normalized spacial score (nSPS) is 15.3. The Hall–Kier alpha value is -3.31. The minimum absolute atomic E-state index is 0.0241. The van der Waals surface area contributed by atoms with E-state index in [-0.39, 0.29) is 17.9 Å². The number of benzene rings is 1. The van der Waals surface area contributed by atoms with Crippen molar-refractivity contribution in [2.24, 2.45) is 0 Å². The van der Waals surface area contributed by atoms with Gasteiger partial charge in [-0.25, -0.2) is 4.98 Å². The van der Waals surface area contributed by atoms with Gasteiger partial charge in [-0.3, -0.25) is 9.59 Å². The molecule has 9 heteroatoms. The van der Waals surface area contributed by atoms with Crippen LogP contribution in [0, 0.1) is 11.8 Å². The third kappa shape index (κ3) is 5.15. The molecule has 2 aromatic rings. The molecule has 150 valence electrons. The predicted molar refractivity (Wildman–Crippen MR) is 110 cm³/mol. The highest BCUT2D eigenvalue weighted by Gasteiger charge is 2.27. The van der Waals surface area contributed by atoms with Gasteiger partial charge in [-0.2, -0.15) is 4.98 Å². The van der Waals surface area contributed by atoms with Crippen molar-refractivity contribution < 1.29 is 14.3 Å². The summed E-state index contributed by atoms with van der Waals surface area (Å²) in [4.78, 5) is 34.4. The summed E-state index contributed by atoms with van der Waals surface area (Å²) in [7, 11) is 1.49. The zero-order chi connectivity index (χ0) is 20.8. The molecule has 1 aliphatic heterocycles. The number of carbonyl (C=O) groups is 2. The van der Waals surface area contributed by atoms with Gasteiger partial charge < -0.3 is 20.3 Å². The molecule has 0 aliphatic carbocycles. The SMILES string of the molecule is CC#CC(=O)Nc1ccc(C(=O)N2CC[C@@H](Nc3ncc(Cl)c(OC)n3)C2)cc1. The second kappa shape index (κ2) is 9.26. The van der Waals surface area contributed by atoms with Crippen LogP contribution < -0.4 is 15.4 Å². The third-order valence-electron chi connectivity index (χ3n) is 4.34. The van der Waals surface area contributed by atoms with Crippen LogP contribution in [0.5, 0.6) is 5.88 Å². The van der Waals surface area contributed by atoms with Gasteiger partial charge in [-0.05, 0) is 43.5 Å². The Morgan fingerprint density at radius 1 is 1.31 bits per heavy atom. The minimum atomic E-state index is -0.388. The molecule has 1 atom stereocenters. The topological polar surface area (TPSA) is 96.5 Å². The molecule has 1 aromatic carbocycles. The summed E-state index contributed by atoms with van der Waals surface area (Å²) in [5.41, 5.74) is 1.14. The third-order valence-corrected chi connectivity index (χ3v) is 4.60. The summed E-state index contributed by atoms with van der Waals surface area (Å²) in [5, 5.41) is 6.19. The quantitative estimate of drug-likeness (QED) is 0.731. The van der Waals surface area contributed by atoms with E-state index in [0.717, 1.165) is 6.42 Å². The second-order valence-electron chi connectivity index (χ2n) is 6.34. The molecule has 0 bridgehead atoms. The highest BCUT2D eigenvalue weighted by molar-refractivity contribution is 6.31. The fourth-order valence-corrected chi connectivity index (χ4v) is 3.13. The van der Waals surface area contributed by atoms with Gasteiger partial charge in [-0.15, -0.1) is 0 Å². The molecule has 0 unspecified atom stereocenters. The summed E-state index contributed by atoms with van der Waals surface area (Å²) in [6.45, 7) is 2.73. The molecule has 1 aliphatic rings. The number of aromatic nitrogens is 2. The Bertz CT molecular complexity index is 968. The predicted octanol–water partition coefficient (Wildman–Crippen LogP) is 2.43. The molecule has 2 N–H and O–H groups in total. The summed E-state index contributed by atoms with van der Waals surface area (Å²) in [6.07, 6.45) is 2.24. The Labute approximate surface area is 173 Å². The number of halogens is 1. The summed E-state index contributed by atoms with van der Waals surface area (Å²) < 4.78 is 5.09. The van der Waals surface area contributed by atoms with Gasteiger partial charge >= 0.3 is 0 Å². The van der Waals surface area contributed by atoms with Crippen molar-refractivity contribution in [3.63, 3.8) is 0 Å². The van der Waals surface area contributed by atoms with Crippen molar-refractivity contribution in [3.8, 4) is 17.7 Å².